The van der Waals surface area contributed by atoms with Crippen LogP contribution in [0.25, 0.3) is 0 Å². The largest absolute Gasteiger partial charge is 0.296 e. The van der Waals surface area contributed by atoms with Crippen molar-refractivity contribution < 1.29 is 4.79 Å². The number of nitrogens with one attached hydrogen (secondary N) is 1. The van der Waals surface area contributed by atoms with Gasteiger partial charge in [0.05, 0.1) is 0 Å². The highest BCUT2D eigenvalue weighted by Gasteiger charge is 2.02. The minimum atomic E-state index is -0.00269. The van der Waals surface area contributed by atoms with Gasteiger partial charge in [-0.05, 0) is 18.6 Å². The Morgan fingerprint density at radius 2 is 2.00 bits per heavy atom. The Kier molecular flexibility index (Phi) is 5.93. The van der Waals surface area contributed by atoms with E-state index in [1.54, 1.807) is 0 Å². The minimum absolute atomic E-state index is 0.00269. The molecule has 0 heterocycles. The van der Waals surface area contributed by atoms with Crippen molar-refractivity contribution in [2.45, 2.75) is 26.2 Å². The molecule has 0 aliphatic rings. The summed E-state index contributed by atoms with van der Waals surface area (Å²) in [5.41, 5.74) is 0.723. The van der Waals surface area contributed by atoms with Gasteiger partial charge in [0, 0.05) is 11.3 Å². The van der Waals surface area contributed by atoms with Gasteiger partial charge in [0.25, 0.3) is 5.91 Å². The highest BCUT2D eigenvalue weighted by Crippen LogP contribution is 2.05. The Morgan fingerprint density at radius 1 is 1.27 bits per heavy atom. The summed E-state index contributed by atoms with van der Waals surface area (Å²) in [6.45, 7) is 2.17. The number of unbranched alkanes of at least 4 members (excludes halogenated alkanes) is 2. The van der Waals surface area contributed by atoms with Gasteiger partial charge in [-0.15, -0.1) is 0 Å². The first-order chi connectivity index (χ1) is 7.34. The van der Waals surface area contributed by atoms with Crippen LogP contribution in [-0.4, -0.2) is 11.7 Å². The van der Waals surface area contributed by atoms with Gasteiger partial charge in [-0.1, -0.05) is 49.9 Å². The zero-order valence-electron chi connectivity index (χ0n) is 9.03. The SMILES string of the molecule is CCCCCSNC(=O)c1ccccc1. The fourth-order valence-electron chi connectivity index (χ4n) is 1.19. The van der Waals surface area contributed by atoms with E-state index in [4.69, 9.17) is 0 Å². The standard InChI is InChI=1S/C12H17NOS/c1-2-3-7-10-15-13-12(14)11-8-5-4-6-9-11/h4-6,8-9H,2-3,7,10H2,1H3,(H,13,14). The van der Waals surface area contributed by atoms with E-state index in [2.05, 4.69) is 11.6 Å². The first kappa shape index (κ1) is 12.1. The third-order valence-electron chi connectivity index (χ3n) is 2.05. The molecular weight excluding hydrogens is 206 g/mol. The van der Waals surface area contributed by atoms with Gasteiger partial charge < -0.3 is 0 Å². The fraction of sp³-hybridized carbons (Fsp3) is 0.417. The fourth-order valence-corrected chi connectivity index (χ4v) is 1.89. The third kappa shape index (κ3) is 4.88. The van der Waals surface area contributed by atoms with Gasteiger partial charge in [-0.25, -0.2) is 0 Å². The molecule has 0 saturated carbocycles. The van der Waals surface area contributed by atoms with Crippen LogP contribution in [0.1, 0.15) is 36.5 Å². The number of hydrogen-bond acceptors (Lipinski definition) is 2. The molecule has 0 fully saturated rings. The van der Waals surface area contributed by atoms with Crippen molar-refractivity contribution in [3.63, 3.8) is 0 Å². The smallest absolute Gasteiger partial charge is 0.261 e. The zero-order valence-corrected chi connectivity index (χ0v) is 9.85. The first-order valence-corrected chi connectivity index (χ1v) is 6.30. The second-order valence-electron chi connectivity index (χ2n) is 3.35. The summed E-state index contributed by atoms with van der Waals surface area (Å²) in [7, 11) is 0. The molecular formula is C12H17NOS. The molecule has 0 aliphatic heterocycles. The van der Waals surface area contributed by atoms with E-state index in [0.29, 0.717) is 0 Å². The summed E-state index contributed by atoms with van der Waals surface area (Å²) >= 11 is 1.50. The number of carbonyl (C=O) groups excluding carboxylic acids is 1. The Labute approximate surface area is 95.6 Å². The summed E-state index contributed by atoms with van der Waals surface area (Å²) in [4.78, 5) is 11.5. The monoisotopic (exact) mass is 223 g/mol. The third-order valence-corrected chi connectivity index (χ3v) is 2.87. The number of carbonyl (C=O) groups is 1. The van der Waals surface area contributed by atoms with Crippen LogP contribution in [0.4, 0.5) is 0 Å². The Bertz CT molecular complexity index is 287. The Morgan fingerprint density at radius 3 is 2.67 bits per heavy atom. The molecule has 0 atom stereocenters. The van der Waals surface area contributed by atoms with Gasteiger partial charge in [0.2, 0.25) is 0 Å². The average Bonchev–Trinajstić information content (AvgIpc) is 2.30. The molecule has 1 amide bonds. The van der Waals surface area contributed by atoms with E-state index in [1.807, 2.05) is 30.3 Å². The van der Waals surface area contributed by atoms with E-state index in [-0.39, 0.29) is 5.91 Å². The van der Waals surface area contributed by atoms with Crippen molar-refractivity contribution in [2.75, 3.05) is 5.75 Å². The van der Waals surface area contributed by atoms with Crippen LogP contribution in [0.2, 0.25) is 0 Å². The molecule has 0 radical (unpaired) electrons. The molecule has 1 aromatic rings. The normalized spacial score (nSPS) is 9.93. The Balaban J connectivity index is 2.20. The molecule has 82 valence electrons. The number of benzene rings is 1. The summed E-state index contributed by atoms with van der Waals surface area (Å²) in [5, 5.41) is 0. The van der Waals surface area contributed by atoms with E-state index < -0.39 is 0 Å². The van der Waals surface area contributed by atoms with Gasteiger partial charge in [-0.3, -0.25) is 9.52 Å². The summed E-state index contributed by atoms with van der Waals surface area (Å²) in [6, 6.07) is 9.29. The number of hydrogen-bond donors (Lipinski definition) is 1. The van der Waals surface area contributed by atoms with Crippen molar-refractivity contribution in [3.8, 4) is 0 Å². The van der Waals surface area contributed by atoms with Crippen LogP contribution >= 0.6 is 11.9 Å². The van der Waals surface area contributed by atoms with Crippen LogP contribution < -0.4 is 4.72 Å². The molecule has 1 rings (SSSR count). The number of amides is 1. The van der Waals surface area contributed by atoms with Crippen molar-refractivity contribution in [3.05, 3.63) is 35.9 Å². The van der Waals surface area contributed by atoms with Crippen LogP contribution in [0.3, 0.4) is 0 Å². The van der Waals surface area contributed by atoms with Crippen molar-refractivity contribution >= 4 is 17.9 Å². The highest BCUT2D eigenvalue weighted by atomic mass is 32.2. The molecule has 0 bridgehead atoms. The summed E-state index contributed by atoms with van der Waals surface area (Å²) < 4.78 is 2.84. The molecule has 0 unspecified atom stereocenters. The van der Waals surface area contributed by atoms with Crippen LogP contribution in [0.5, 0.6) is 0 Å². The quantitative estimate of drug-likeness (QED) is 0.592. The summed E-state index contributed by atoms with van der Waals surface area (Å²) in [5.74, 6) is 0.990. The van der Waals surface area contributed by atoms with E-state index in [1.165, 1.54) is 24.8 Å². The molecule has 1 N–H and O–H groups in total. The predicted octanol–water partition coefficient (Wildman–Crippen LogP) is 3.25. The van der Waals surface area contributed by atoms with E-state index in [9.17, 15) is 4.79 Å². The maximum atomic E-state index is 11.5. The number of rotatable bonds is 6. The minimum Gasteiger partial charge on any atom is -0.296 e. The van der Waals surface area contributed by atoms with Crippen molar-refractivity contribution in [1.29, 1.82) is 0 Å². The molecule has 0 saturated heterocycles. The van der Waals surface area contributed by atoms with Crippen molar-refractivity contribution in [2.24, 2.45) is 0 Å². The predicted molar refractivity (Wildman–Crippen MR) is 65.9 cm³/mol. The first-order valence-electron chi connectivity index (χ1n) is 5.31. The van der Waals surface area contributed by atoms with Gasteiger partial charge in [0.15, 0.2) is 0 Å². The molecule has 0 aromatic heterocycles. The maximum Gasteiger partial charge on any atom is 0.261 e. The average molecular weight is 223 g/mol. The lowest BCUT2D eigenvalue weighted by molar-refractivity contribution is 0.0984. The van der Waals surface area contributed by atoms with Gasteiger partial charge in [-0.2, -0.15) is 0 Å². The van der Waals surface area contributed by atoms with Gasteiger partial charge >= 0.3 is 0 Å². The zero-order chi connectivity index (χ0) is 10.9. The lowest BCUT2D eigenvalue weighted by Crippen LogP contribution is -2.16. The summed E-state index contributed by atoms with van der Waals surface area (Å²) in [6.07, 6.45) is 3.61. The van der Waals surface area contributed by atoms with Crippen molar-refractivity contribution in [1.82, 2.24) is 4.72 Å². The lowest BCUT2D eigenvalue weighted by Gasteiger charge is -2.03. The topological polar surface area (TPSA) is 29.1 Å². The van der Waals surface area contributed by atoms with E-state index >= 15 is 0 Å². The van der Waals surface area contributed by atoms with Crippen LogP contribution in [0.15, 0.2) is 30.3 Å². The molecule has 2 nitrogen and oxygen atoms in total. The molecule has 0 spiro atoms. The van der Waals surface area contributed by atoms with E-state index in [0.717, 1.165) is 17.7 Å². The second-order valence-corrected chi connectivity index (χ2v) is 4.25. The van der Waals surface area contributed by atoms with Gasteiger partial charge in [0.1, 0.15) is 0 Å². The highest BCUT2D eigenvalue weighted by molar-refractivity contribution is 7.97. The van der Waals surface area contributed by atoms with Crippen LogP contribution in [0, 0.1) is 0 Å². The molecule has 1 aromatic carbocycles. The van der Waals surface area contributed by atoms with Crippen LogP contribution in [-0.2, 0) is 0 Å². The molecule has 0 aliphatic carbocycles. The second kappa shape index (κ2) is 7.35. The molecule has 3 heteroatoms. The molecule has 15 heavy (non-hydrogen) atoms. The Hall–Kier alpha value is -0.960. The lowest BCUT2D eigenvalue weighted by atomic mass is 10.2. The maximum absolute atomic E-state index is 11.5.